The average Bonchev–Trinajstić information content (AvgIpc) is 2.36. The molecule has 2 rings (SSSR count). The monoisotopic (exact) mass is 271 g/mol. The lowest BCUT2D eigenvalue weighted by molar-refractivity contribution is -0.0148. The minimum Gasteiger partial charge on any atom is -0.486 e. The standard InChI is InChI=1S/C14H19F2NO2/c1-2-4-17-13-3-5-18-9-14(13)19-12-7-10(15)6-11(16)8-12/h6-8,13-14,17H,2-5,9H2,1H3. The molecule has 1 aromatic carbocycles. The number of nitrogens with one attached hydrogen (secondary N) is 1. The molecular formula is C14H19F2NO2. The highest BCUT2D eigenvalue weighted by Gasteiger charge is 2.27. The van der Waals surface area contributed by atoms with Crippen molar-refractivity contribution in [3.05, 3.63) is 29.8 Å². The minimum absolute atomic E-state index is 0.153. The third-order valence-corrected chi connectivity index (χ3v) is 3.08. The Bertz CT molecular complexity index is 394. The van der Waals surface area contributed by atoms with Gasteiger partial charge in [0.1, 0.15) is 23.5 Å². The van der Waals surface area contributed by atoms with Crippen molar-refractivity contribution in [2.24, 2.45) is 0 Å². The van der Waals surface area contributed by atoms with Crippen LogP contribution >= 0.6 is 0 Å². The third-order valence-electron chi connectivity index (χ3n) is 3.08. The van der Waals surface area contributed by atoms with Crippen LogP contribution in [0.4, 0.5) is 8.78 Å². The van der Waals surface area contributed by atoms with Crippen molar-refractivity contribution in [2.75, 3.05) is 19.8 Å². The molecule has 0 bridgehead atoms. The van der Waals surface area contributed by atoms with Gasteiger partial charge < -0.3 is 14.8 Å². The Labute approximate surface area is 111 Å². The molecule has 1 N–H and O–H groups in total. The van der Waals surface area contributed by atoms with Crippen LogP contribution in [0.1, 0.15) is 19.8 Å². The topological polar surface area (TPSA) is 30.5 Å². The van der Waals surface area contributed by atoms with Crippen LogP contribution in [0, 0.1) is 11.6 Å². The van der Waals surface area contributed by atoms with Gasteiger partial charge in [0.05, 0.1) is 6.61 Å². The Morgan fingerprint density at radius 1 is 1.32 bits per heavy atom. The van der Waals surface area contributed by atoms with E-state index in [1.165, 1.54) is 12.1 Å². The SMILES string of the molecule is CCCNC1CCOCC1Oc1cc(F)cc(F)c1. The molecule has 1 aliphatic rings. The summed E-state index contributed by atoms with van der Waals surface area (Å²) in [5.74, 6) is -1.06. The van der Waals surface area contributed by atoms with E-state index in [0.717, 1.165) is 25.5 Å². The van der Waals surface area contributed by atoms with Crippen molar-refractivity contribution in [3.8, 4) is 5.75 Å². The highest BCUT2D eigenvalue weighted by atomic mass is 19.1. The van der Waals surface area contributed by atoms with Crippen molar-refractivity contribution in [1.82, 2.24) is 5.32 Å². The summed E-state index contributed by atoms with van der Waals surface area (Å²) in [4.78, 5) is 0. The van der Waals surface area contributed by atoms with Crippen molar-refractivity contribution in [1.29, 1.82) is 0 Å². The number of halogens is 2. The first-order valence-corrected chi connectivity index (χ1v) is 6.63. The summed E-state index contributed by atoms with van der Waals surface area (Å²) >= 11 is 0. The Kier molecular flexibility index (Phi) is 5.10. The number of benzene rings is 1. The predicted octanol–water partition coefficient (Wildman–Crippen LogP) is 2.50. The lowest BCUT2D eigenvalue weighted by Crippen LogP contribution is -2.49. The Hall–Kier alpha value is -1.20. The second-order valence-electron chi connectivity index (χ2n) is 4.69. The van der Waals surface area contributed by atoms with E-state index in [1.54, 1.807) is 0 Å². The van der Waals surface area contributed by atoms with Crippen LogP contribution in [0.2, 0.25) is 0 Å². The van der Waals surface area contributed by atoms with Gasteiger partial charge in [-0.1, -0.05) is 6.92 Å². The average molecular weight is 271 g/mol. The molecule has 2 atom stereocenters. The second-order valence-corrected chi connectivity index (χ2v) is 4.69. The molecule has 1 saturated heterocycles. The normalized spacial score (nSPS) is 23.3. The van der Waals surface area contributed by atoms with Gasteiger partial charge in [-0.2, -0.15) is 0 Å². The quantitative estimate of drug-likeness (QED) is 0.892. The van der Waals surface area contributed by atoms with Gasteiger partial charge in [-0.05, 0) is 19.4 Å². The fourth-order valence-corrected chi connectivity index (χ4v) is 2.16. The molecule has 5 heteroatoms. The molecule has 1 fully saturated rings. The van der Waals surface area contributed by atoms with E-state index in [0.29, 0.717) is 13.2 Å². The van der Waals surface area contributed by atoms with E-state index in [9.17, 15) is 8.78 Å². The second kappa shape index (κ2) is 6.82. The van der Waals surface area contributed by atoms with Gasteiger partial charge in [0.2, 0.25) is 0 Å². The summed E-state index contributed by atoms with van der Waals surface area (Å²) in [5.41, 5.74) is 0. The molecule has 3 nitrogen and oxygen atoms in total. The molecule has 0 spiro atoms. The van der Waals surface area contributed by atoms with Crippen LogP contribution in [-0.2, 0) is 4.74 Å². The van der Waals surface area contributed by atoms with Crippen LogP contribution < -0.4 is 10.1 Å². The van der Waals surface area contributed by atoms with Crippen molar-refractivity contribution >= 4 is 0 Å². The lowest BCUT2D eigenvalue weighted by atomic mass is 10.1. The molecule has 0 saturated carbocycles. The van der Waals surface area contributed by atoms with Gasteiger partial charge in [-0.15, -0.1) is 0 Å². The first kappa shape index (κ1) is 14.2. The molecular weight excluding hydrogens is 252 g/mol. The summed E-state index contributed by atoms with van der Waals surface area (Å²) in [6, 6.07) is 3.36. The summed E-state index contributed by atoms with van der Waals surface area (Å²) in [7, 11) is 0. The molecule has 0 amide bonds. The van der Waals surface area contributed by atoms with E-state index in [2.05, 4.69) is 12.2 Å². The molecule has 0 aromatic heterocycles. The van der Waals surface area contributed by atoms with E-state index in [-0.39, 0.29) is 17.9 Å². The Morgan fingerprint density at radius 3 is 2.74 bits per heavy atom. The molecule has 0 aliphatic carbocycles. The van der Waals surface area contributed by atoms with Crippen LogP contribution in [0.3, 0.4) is 0 Å². The van der Waals surface area contributed by atoms with Crippen LogP contribution in [0.25, 0.3) is 0 Å². The first-order valence-electron chi connectivity index (χ1n) is 6.63. The minimum atomic E-state index is -0.634. The van der Waals surface area contributed by atoms with E-state index in [1.807, 2.05) is 0 Å². The molecule has 0 radical (unpaired) electrons. The van der Waals surface area contributed by atoms with Crippen molar-refractivity contribution < 1.29 is 18.3 Å². The van der Waals surface area contributed by atoms with Gasteiger partial charge in [0.25, 0.3) is 0 Å². The van der Waals surface area contributed by atoms with E-state index in [4.69, 9.17) is 9.47 Å². The van der Waals surface area contributed by atoms with Gasteiger partial charge in [0.15, 0.2) is 0 Å². The molecule has 1 heterocycles. The van der Waals surface area contributed by atoms with Gasteiger partial charge >= 0.3 is 0 Å². The molecule has 106 valence electrons. The molecule has 19 heavy (non-hydrogen) atoms. The van der Waals surface area contributed by atoms with E-state index < -0.39 is 11.6 Å². The number of rotatable bonds is 5. The Morgan fingerprint density at radius 2 is 2.05 bits per heavy atom. The summed E-state index contributed by atoms with van der Waals surface area (Å²) in [6.07, 6.45) is 1.64. The van der Waals surface area contributed by atoms with Crippen molar-refractivity contribution in [2.45, 2.75) is 31.9 Å². The summed E-state index contributed by atoms with van der Waals surface area (Å²) in [5, 5.41) is 3.38. The number of hydrogen-bond acceptors (Lipinski definition) is 3. The van der Waals surface area contributed by atoms with Crippen LogP contribution in [0.5, 0.6) is 5.75 Å². The Balaban J connectivity index is 2.01. The van der Waals surface area contributed by atoms with Gasteiger partial charge in [-0.25, -0.2) is 8.78 Å². The number of ether oxygens (including phenoxy) is 2. The zero-order valence-corrected chi connectivity index (χ0v) is 11.0. The predicted molar refractivity (Wildman–Crippen MR) is 68.3 cm³/mol. The summed E-state index contributed by atoms with van der Waals surface area (Å²) in [6.45, 7) is 4.09. The maximum absolute atomic E-state index is 13.1. The van der Waals surface area contributed by atoms with Gasteiger partial charge in [-0.3, -0.25) is 0 Å². The maximum Gasteiger partial charge on any atom is 0.137 e. The zero-order valence-electron chi connectivity index (χ0n) is 11.0. The van der Waals surface area contributed by atoms with Crippen molar-refractivity contribution in [3.63, 3.8) is 0 Å². The fraction of sp³-hybridized carbons (Fsp3) is 0.571. The smallest absolute Gasteiger partial charge is 0.137 e. The molecule has 1 aliphatic heterocycles. The highest BCUT2D eigenvalue weighted by Crippen LogP contribution is 2.20. The highest BCUT2D eigenvalue weighted by molar-refractivity contribution is 5.24. The number of hydrogen-bond donors (Lipinski definition) is 1. The third kappa shape index (κ3) is 4.14. The zero-order chi connectivity index (χ0) is 13.7. The fourth-order valence-electron chi connectivity index (χ4n) is 2.16. The lowest BCUT2D eigenvalue weighted by Gasteiger charge is -2.32. The van der Waals surface area contributed by atoms with E-state index >= 15 is 0 Å². The molecule has 2 unspecified atom stereocenters. The largest absolute Gasteiger partial charge is 0.486 e. The summed E-state index contributed by atoms with van der Waals surface area (Å²) < 4.78 is 37.3. The maximum atomic E-state index is 13.1. The first-order chi connectivity index (χ1) is 9.19. The molecule has 1 aromatic rings. The van der Waals surface area contributed by atoms with Crippen LogP contribution in [0.15, 0.2) is 18.2 Å². The van der Waals surface area contributed by atoms with Gasteiger partial charge in [0, 0.05) is 30.8 Å². The van der Waals surface area contributed by atoms with Crippen LogP contribution in [-0.4, -0.2) is 31.9 Å².